The molecule has 3 heterocycles. The molecule has 3 aromatic rings. The molecule has 0 spiro atoms. The van der Waals surface area contributed by atoms with Crippen molar-refractivity contribution in [2.45, 2.75) is 25.8 Å². The summed E-state index contributed by atoms with van der Waals surface area (Å²) in [6.07, 6.45) is 3.47. The summed E-state index contributed by atoms with van der Waals surface area (Å²) in [6.45, 7) is 2.47. The first kappa shape index (κ1) is 15.7. The van der Waals surface area contributed by atoms with Gasteiger partial charge in [0.05, 0.1) is 29.5 Å². The maximum atomic E-state index is 12.8. The van der Waals surface area contributed by atoms with Crippen molar-refractivity contribution < 1.29 is 9.90 Å². The lowest BCUT2D eigenvalue weighted by Crippen LogP contribution is -2.38. The fraction of sp³-hybridized carbons (Fsp3) is 0.333. The Balaban J connectivity index is 1.75. The number of amides is 1. The second-order valence-corrected chi connectivity index (χ2v) is 6.26. The minimum atomic E-state index is -0.168. The molecule has 0 unspecified atom stereocenters. The largest absolute Gasteiger partial charge is 0.394 e. The van der Waals surface area contributed by atoms with Crippen LogP contribution in [0.3, 0.4) is 0 Å². The highest BCUT2D eigenvalue weighted by Gasteiger charge is 2.31. The molecule has 1 atom stereocenters. The van der Waals surface area contributed by atoms with Crippen molar-refractivity contribution >= 4 is 16.8 Å². The quantitative estimate of drug-likeness (QED) is 0.787. The first-order chi connectivity index (χ1) is 12.2. The van der Waals surface area contributed by atoms with E-state index >= 15 is 0 Å². The van der Waals surface area contributed by atoms with E-state index < -0.39 is 0 Å². The molecule has 1 fully saturated rings. The Morgan fingerprint density at radius 2 is 2.20 bits per heavy atom. The number of hydrogen-bond donors (Lipinski definition) is 1. The molecule has 128 valence electrons. The Kier molecular flexibility index (Phi) is 3.93. The third-order valence-corrected chi connectivity index (χ3v) is 4.80. The fourth-order valence-electron chi connectivity index (χ4n) is 3.46. The van der Waals surface area contributed by atoms with Gasteiger partial charge in [-0.15, -0.1) is 5.10 Å². The number of likely N-dealkylation sites (tertiary alicyclic amines) is 1. The van der Waals surface area contributed by atoms with Gasteiger partial charge in [-0.3, -0.25) is 9.78 Å². The van der Waals surface area contributed by atoms with Gasteiger partial charge in [-0.2, -0.15) is 0 Å². The predicted octanol–water partition coefficient (Wildman–Crippen LogP) is 1.72. The molecule has 0 aliphatic carbocycles. The number of nitrogens with zero attached hydrogens (tertiary/aromatic N) is 5. The Morgan fingerprint density at radius 1 is 1.32 bits per heavy atom. The van der Waals surface area contributed by atoms with E-state index in [2.05, 4.69) is 15.3 Å². The van der Waals surface area contributed by atoms with Gasteiger partial charge in [0.25, 0.3) is 5.91 Å². The van der Waals surface area contributed by atoms with Crippen LogP contribution in [-0.4, -0.2) is 55.1 Å². The van der Waals surface area contributed by atoms with E-state index in [1.165, 1.54) is 0 Å². The number of aliphatic hydroxyl groups is 1. The lowest BCUT2D eigenvalue weighted by molar-refractivity contribution is 0.0671. The molecule has 2 aromatic heterocycles. The van der Waals surface area contributed by atoms with E-state index in [-0.39, 0.29) is 18.6 Å². The maximum absolute atomic E-state index is 12.8. The number of carbonyl (C=O) groups is 1. The third kappa shape index (κ3) is 2.56. The van der Waals surface area contributed by atoms with Crippen LogP contribution in [0.1, 0.15) is 29.0 Å². The van der Waals surface area contributed by atoms with Crippen LogP contribution in [0.15, 0.2) is 36.5 Å². The fourth-order valence-corrected chi connectivity index (χ4v) is 3.46. The molecular formula is C18H19N5O2. The average Bonchev–Trinajstić information content (AvgIpc) is 3.27. The Morgan fingerprint density at radius 3 is 3.04 bits per heavy atom. The van der Waals surface area contributed by atoms with Gasteiger partial charge in [-0.25, -0.2) is 4.68 Å². The van der Waals surface area contributed by atoms with Crippen LogP contribution in [0.2, 0.25) is 0 Å². The predicted molar refractivity (Wildman–Crippen MR) is 92.5 cm³/mol. The minimum Gasteiger partial charge on any atom is -0.394 e. The molecule has 1 amide bonds. The molecule has 1 saturated heterocycles. The van der Waals surface area contributed by atoms with Gasteiger partial charge >= 0.3 is 0 Å². The van der Waals surface area contributed by atoms with Gasteiger partial charge in [0.15, 0.2) is 5.69 Å². The van der Waals surface area contributed by atoms with E-state index in [0.29, 0.717) is 17.9 Å². The molecule has 4 rings (SSSR count). The van der Waals surface area contributed by atoms with Gasteiger partial charge in [0.2, 0.25) is 0 Å². The van der Waals surface area contributed by atoms with Crippen LogP contribution in [0.25, 0.3) is 16.6 Å². The van der Waals surface area contributed by atoms with Gasteiger partial charge in [0.1, 0.15) is 0 Å². The summed E-state index contributed by atoms with van der Waals surface area (Å²) >= 11 is 0. The van der Waals surface area contributed by atoms with E-state index in [1.54, 1.807) is 15.8 Å². The zero-order valence-corrected chi connectivity index (χ0v) is 14.0. The molecular weight excluding hydrogens is 318 g/mol. The zero-order valence-electron chi connectivity index (χ0n) is 14.0. The number of carbonyl (C=O) groups excluding carboxylic acids is 1. The van der Waals surface area contributed by atoms with Crippen molar-refractivity contribution in [3.8, 4) is 5.69 Å². The molecule has 7 nitrogen and oxygen atoms in total. The van der Waals surface area contributed by atoms with Gasteiger partial charge in [-0.1, -0.05) is 11.3 Å². The van der Waals surface area contributed by atoms with E-state index in [4.69, 9.17) is 0 Å². The third-order valence-electron chi connectivity index (χ3n) is 4.80. The van der Waals surface area contributed by atoms with E-state index in [1.807, 2.05) is 37.3 Å². The van der Waals surface area contributed by atoms with Crippen LogP contribution in [0.4, 0.5) is 0 Å². The van der Waals surface area contributed by atoms with Gasteiger partial charge in [0, 0.05) is 18.1 Å². The molecule has 1 aliphatic rings. The number of benzene rings is 1. The van der Waals surface area contributed by atoms with Crippen molar-refractivity contribution in [1.29, 1.82) is 0 Å². The minimum absolute atomic E-state index is 0.0199. The highest BCUT2D eigenvalue weighted by molar-refractivity contribution is 5.94. The lowest BCUT2D eigenvalue weighted by Gasteiger charge is -2.22. The zero-order chi connectivity index (χ0) is 17.4. The smallest absolute Gasteiger partial charge is 0.276 e. The standard InChI is InChI=1S/C18H19N5O2/c1-12-17(18(25)22-10-4-5-13(22)11-24)20-21-23(12)16-8-2-7-15-14(16)6-3-9-19-15/h2-3,6-9,13,24H,4-5,10-11H2,1H3/t13-/m1/s1. The average molecular weight is 337 g/mol. The Hall–Kier alpha value is -2.80. The van der Waals surface area contributed by atoms with E-state index in [9.17, 15) is 9.90 Å². The summed E-state index contributed by atoms with van der Waals surface area (Å²) < 4.78 is 1.68. The van der Waals surface area contributed by atoms with Crippen molar-refractivity contribution in [2.24, 2.45) is 0 Å². The molecule has 1 aromatic carbocycles. The summed E-state index contributed by atoms with van der Waals surface area (Å²) in [6, 6.07) is 9.51. The molecule has 25 heavy (non-hydrogen) atoms. The monoisotopic (exact) mass is 337 g/mol. The van der Waals surface area contributed by atoms with Crippen LogP contribution >= 0.6 is 0 Å². The maximum Gasteiger partial charge on any atom is 0.276 e. The van der Waals surface area contributed by atoms with Crippen molar-refractivity contribution in [3.05, 3.63) is 47.9 Å². The number of rotatable bonds is 3. The first-order valence-corrected chi connectivity index (χ1v) is 8.39. The number of aromatic nitrogens is 4. The number of aliphatic hydroxyl groups excluding tert-OH is 1. The van der Waals surface area contributed by atoms with Gasteiger partial charge < -0.3 is 10.0 Å². The Bertz CT molecular complexity index is 931. The number of hydrogen-bond acceptors (Lipinski definition) is 5. The molecule has 0 radical (unpaired) electrons. The van der Waals surface area contributed by atoms with Crippen LogP contribution in [0, 0.1) is 6.92 Å². The molecule has 1 aliphatic heterocycles. The summed E-state index contributed by atoms with van der Waals surface area (Å²) in [5.74, 6) is -0.168. The van der Waals surface area contributed by atoms with Crippen LogP contribution < -0.4 is 0 Å². The lowest BCUT2D eigenvalue weighted by atomic mass is 10.1. The number of fused-ring (bicyclic) bond motifs is 1. The van der Waals surface area contributed by atoms with Gasteiger partial charge in [-0.05, 0) is 44.0 Å². The summed E-state index contributed by atoms with van der Waals surface area (Å²) in [5, 5.41) is 18.8. The Labute approximate surface area is 144 Å². The molecule has 1 N–H and O–H groups in total. The van der Waals surface area contributed by atoms with Crippen molar-refractivity contribution in [3.63, 3.8) is 0 Å². The highest BCUT2D eigenvalue weighted by atomic mass is 16.3. The van der Waals surface area contributed by atoms with Crippen molar-refractivity contribution in [2.75, 3.05) is 13.2 Å². The van der Waals surface area contributed by atoms with E-state index in [0.717, 1.165) is 29.4 Å². The SMILES string of the molecule is Cc1c(C(=O)N2CCC[C@@H]2CO)nnn1-c1cccc2ncccc12. The molecule has 7 heteroatoms. The second-order valence-electron chi connectivity index (χ2n) is 6.26. The summed E-state index contributed by atoms with van der Waals surface area (Å²) in [7, 11) is 0. The summed E-state index contributed by atoms with van der Waals surface area (Å²) in [5.41, 5.74) is 2.73. The normalized spacial score (nSPS) is 17.4. The topological polar surface area (TPSA) is 84.1 Å². The highest BCUT2D eigenvalue weighted by Crippen LogP contribution is 2.24. The number of pyridine rings is 1. The summed E-state index contributed by atoms with van der Waals surface area (Å²) in [4.78, 5) is 18.9. The van der Waals surface area contributed by atoms with Crippen LogP contribution in [0.5, 0.6) is 0 Å². The van der Waals surface area contributed by atoms with Crippen LogP contribution in [-0.2, 0) is 0 Å². The molecule has 0 saturated carbocycles. The second kappa shape index (κ2) is 6.25. The van der Waals surface area contributed by atoms with Crippen molar-refractivity contribution in [1.82, 2.24) is 24.9 Å². The molecule has 0 bridgehead atoms. The first-order valence-electron chi connectivity index (χ1n) is 8.39.